The van der Waals surface area contributed by atoms with Crippen molar-refractivity contribution in [3.05, 3.63) is 70.3 Å². The predicted molar refractivity (Wildman–Crippen MR) is 100 cm³/mol. The fourth-order valence-corrected chi connectivity index (χ4v) is 2.60. The van der Waals surface area contributed by atoms with E-state index in [0.29, 0.717) is 24.3 Å². The zero-order chi connectivity index (χ0) is 24.6. The molecule has 0 aliphatic heterocycles. The van der Waals surface area contributed by atoms with Crippen LogP contribution in [0.1, 0.15) is 24.0 Å². The summed E-state index contributed by atoms with van der Waals surface area (Å²) < 4.78 is 76.9. The smallest absolute Gasteiger partial charge is 0.304 e. The van der Waals surface area contributed by atoms with Crippen LogP contribution >= 0.6 is 0 Å². The number of halogens is 6. The minimum Gasteiger partial charge on any atom is -0.481 e. The van der Waals surface area contributed by atoms with Gasteiger partial charge in [-0.15, -0.1) is 0 Å². The molecule has 6 nitrogen and oxygen atoms in total. The molecule has 0 saturated carbocycles. The maximum atomic E-state index is 13.1. The van der Waals surface area contributed by atoms with Crippen LogP contribution in [0, 0.1) is 34.9 Å². The Labute approximate surface area is 178 Å². The third-order valence-corrected chi connectivity index (χ3v) is 4.02. The zero-order valence-electron chi connectivity index (χ0n) is 16.4. The number of benzene rings is 2. The summed E-state index contributed by atoms with van der Waals surface area (Å²) in [5.41, 5.74) is 10.5. The Kier molecular flexibility index (Phi) is 10.1. The molecule has 0 aliphatic carbocycles. The average Bonchev–Trinajstić information content (AvgIpc) is 2.63. The van der Waals surface area contributed by atoms with E-state index in [-0.39, 0.29) is 36.8 Å². The highest BCUT2D eigenvalue weighted by Gasteiger charge is 2.16. The number of hydrogen-bond acceptors (Lipinski definition) is 4. The summed E-state index contributed by atoms with van der Waals surface area (Å²) in [6, 6.07) is 0.531. The summed E-state index contributed by atoms with van der Waals surface area (Å²) in [6.07, 6.45) is -1.04. The van der Waals surface area contributed by atoms with Crippen molar-refractivity contribution < 1.29 is 46.1 Å². The molecule has 0 amide bonds. The van der Waals surface area contributed by atoms with Crippen LogP contribution in [0.4, 0.5) is 26.3 Å². The van der Waals surface area contributed by atoms with Crippen LogP contribution in [0.15, 0.2) is 24.3 Å². The van der Waals surface area contributed by atoms with Gasteiger partial charge in [-0.2, -0.15) is 0 Å². The molecule has 0 heterocycles. The lowest BCUT2D eigenvalue weighted by Crippen LogP contribution is -2.26. The molecule has 12 heteroatoms. The number of carboxylic acid groups (broad SMARTS) is 2. The Morgan fingerprint density at radius 2 is 0.906 bits per heavy atom. The average molecular weight is 466 g/mol. The Morgan fingerprint density at radius 3 is 1.19 bits per heavy atom. The molecule has 32 heavy (non-hydrogen) atoms. The van der Waals surface area contributed by atoms with E-state index >= 15 is 0 Å². The van der Waals surface area contributed by atoms with Gasteiger partial charge in [0.05, 0.1) is 12.8 Å². The lowest BCUT2D eigenvalue weighted by Gasteiger charge is -2.09. The van der Waals surface area contributed by atoms with E-state index in [1.807, 2.05) is 0 Å². The van der Waals surface area contributed by atoms with E-state index in [1.54, 1.807) is 0 Å². The Hall–Kier alpha value is -3.12. The second kappa shape index (κ2) is 12.1. The fourth-order valence-electron chi connectivity index (χ4n) is 2.60. The summed E-state index contributed by atoms with van der Waals surface area (Å²) in [4.78, 5) is 20.6. The van der Waals surface area contributed by atoms with Crippen LogP contribution < -0.4 is 11.5 Å². The molecule has 0 bridgehead atoms. The Morgan fingerprint density at radius 1 is 0.625 bits per heavy atom. The molecule has 2 aromatic carbocycles. The minimum absolute atomic E-state index is 0.132. The van der Waals surface area contributed by atoms with Crippen molar-refractivity contribution in [2.45, 2.75) is 37.8 Å². The monoisotopic (exact) mass is 466 g/mol. The predicted octanol–water partition coefficient (Wildman–Crippen LogP) is 2.90. The van der Waals surface area contributed by atoms with Crippen molar-refractivity contribution in [1.29, 1.82) is 0 Å². The molecule has 0 saturated heterocycles. The Balaban J connectivity index is 0.000000320. The van der Waals surface area contributed by atoms with Crippen molar-refractivity contribution >= 4 is 11.9 Å². The third-order valence-electron chi connectivity index (χ3n) is 4.02. The van der Waals surface area contributed by atoms with E-state index in [9.17, 15) is 35.9 Å². The standard InChI is InChI=1S/2C10H10F3NO2/c2*11-7-4-9(13)8(12)2-5(7)1-6(14)3-10(15)16/h2*2,4,6H,1,3,14H2,(H,15,16)/t6-;/m0./s1. The van der Waals surface area contributed by atoms with Gasteiger partial charge in [-0.05, 0) is 36.1 Å². The largest absolute Gasteiger partial charge is 0.481 e. The van der Waals surface area contributed by atoms with Gasteiger partial charge in [0.25, 0.3) is 0 Å². The second-order valence-electron chi connectivity index (χ2n) is 6.84. The van der Waals surface area contributed by atoms with Crippen molar-refractivity contribution in [2.24, 2.45) is 11.5 Å². The van der Waals surface area contributed by atoms with Gasteiger partial charge in [-0.25, -0.2) is 26.3 Å². The first-order valence-electron chi connectivity index (χ1n) is 9.01. The van der Waals surface area contributed by atoms with Crippen molar-refractivity contribution in [1.82, 2.24) is 0 Å². The lowest BCUT2D eigenvalue weighted by atomic mass is 10.0. The first kappa shape index (κ1) is 26.9. The van der Waals surface area contributed by atoms with E-state index in [0.717, 1.165) is 0 Å². The van der Waals surface area contributed by atoms with Gasteiger partial charge in [0.1, 0.15) is 11.6 Å². The number of carboxylic acids is 2. The minimum atomic E-state index is -1.28. The fraction of sp³-hybridized carbons (Fsp3) is 0.300. The van der Waals surface area contributed by atoms with Gasteiger partial charge in [-0.1, -0.05) is 0 Å². The van der Waals surface area contributed by atoms with Crippen LogP contribution in [0.25, 0.3) is 0 Å². The van der Waals surface area contributed by atoms with Crippen LogP contribution in [0.5, 0.6) is 0 Å². The number of nitrogens with two attached hydrogens (primary N) is 2. The molecular formula is C20H20F6N2O4. The van der Waals surface area contributed by atoms with Crippen LogP contribution in [-0.2, 0) is 22.4 Å². The van der Waals surface area contributed by atoms with Gasteiger partial charge >= 0.3 is 11.9 Å². The first-order chi connectivity index (χ1) is 14.8. The van der Waals surface area contributed by atoms with Gasteiger partial charge < -0.3 is 21.7 Å². The van der Waals surface area contributed by atoms with Crippen LogP contribution in [0.2, 0.25) is 0 Å². The highest BCUT2D eigenvalue weighted by Crippen LogP contribution is 2.16. The molecule has 0 spiro atoms. The maximum absolute atomic E-state index is 13.1. The quantitative estimate of drug-likeness (QED) is 0.350. The van der Waals surface area contributed by atoms with Crippen LogP contribution in [0.3, 0.4) is 0 Å². The van der Waals surface area contributed by atoms with Crippen molar-refractivity contribution in [3.63, 3.8) is 0 Å². The zero-order valence-corrected chi connectivity index (χ0v) is 16.4. The molecule has 0 aliphatic rings. The van der Waals surface area contributed by atoms with E-state index in [2.05, 4.69) is 0 Å². The van der Waals surface area contributed by atoms with E-state index < -0.39 is 58.9 Å². The molecule has 0 fully saturated rings. The summed E-state index contributed by atoms with van der Waals surface area (Å²) in [7, 11) is 0. The van der Waals surface area contributed by atoms with Gasteiger partial charge in [0.2, 0.25) is 0 Å². The summed E-state index contributed by atoms with van der Waals surface area (Å²) >= 11 is 0. The molecule has 2 atom stereocenters. The SMILES string of the molecule is NC(CC(=O)O)Cc1cc(F)c(F)cc1F.N[C@H](CC(=O)O)Cc1cc(F)c(F)cc1F. The van der Waals surface area contributed by atoms with Crippen molar-refractivity contribution in [3.8, 4) is 0 Å². The highest BCUT2D eigenvalue weighted by molar-refractivity contribution is 5.67. The highest BCUT2D eigenvalue weighted by atomic mass is 19.2. The van der Waals surface area contributed by atoms with Gasteiger partial charge in [-0.3, -0.25) is 9.59 Å². The molecule has 176 valence electrons. The molecule has 2 aromatic rings. The number of hydrogen-bond donors (Lipinski definition) is 4. The molecule has 0 aromatic heterocycles. The normalized spacial score (nSPS) is 12.5. The molecule has 6 N–H and O–H groups in total. The number of carbonyl (C=O) groups is 2. The summed E-state index contributed by atoms with van der Waals surface area (Å²) in [6.45, 7) is 0. The van der Waals surface area contributed by atoms with Gasteiger partial charge in [0, 0.05) is 24.2 Å². The van der Waals surface area contributed by atoms with E-state index in [1.165, 1.54) is 0 Å². The number of rotatable bonds is 8. The molecule has 1 unspecified atom stereocenters. The van der Waals surface area contributed by atoms with E-state index in [4.69, 9.17) is 21.7 Å². The first-order valence-corrected chi connectivity index (χ1v) is 9.01. The molecule has 0 radical (unpaired) electrons. The number of aliphatic carboxylic acids is 2. The summed E-state index contributed by atoms with van der Waals surface area (Å²) in [5, 5.41) is 16.8. The third kappa shape index (κ3) is 8.94. The Bertz CT molecular complexity index is 896. The lowest BCUT2D eigenvalue weighted by molar-refractivity contribution is -0.138. The van der Waals surface area contributed by atoms with Gasteiger partial charge in [0.15, 0.2) is 23.3 Å². The topological polar surface area (TPSA) is 127 Å². The second-order valence-corrected chi connectivity index (χ2v) is 6.84. The summed E-state index contributed by atoms with van der Waals surface area (Å²) in [5.74, 6) is -9.05. The van der Waals surface area contributed by atoms with Crippen molar-refractivity contribution in [2.75, 3.05) is 0 Å². The van der Waals surface area contributed by atoms with Crippen LogP contribution in [-0.4, -0.2) is 34.2 Å². The molecular weight excluding hydrogens is 446 g/mol. The molecule has 2 rings (SSSR count). The maximum Gasteiger partial charge on any atom is 0.304 e.